The Morgan fingerprint density at radius 2 is 1.52 bits per heavy atom. The van der Waals surface area contributed by atoms with E-state index in [1.54, 1.807) is 36.4 Å². The molecule has 2 amide bonds. The Labute approximate surface area is 158 Å². The summed E-state index contributed by atoms with van der Waals surface area (Å²) >= 11 is 0. The van der Waals surface area contributed by atoms with E-state index in [0.717, 1.165) is 11.0 Å². The molecular weight excluding hydrogens is 366 g/mol. The van der Waals surface area contributed by atoms with Crippen molar-refractivity contribution >= 4 is 39.3 Å². The first-order valence-electron chi connectivity index (χ1n) is 8.24. The van der Waals surface area contributed by atoms with Gasteiger partial charge in [-0.3, -0.25) is 9.59 Å². The fourth-order valence-corrected chi connectivity index (χ4v) is 2.97. The molecule has 0 saturated heterocycles. The molecule has 2 aromatic rings. The van der Waals surface area contributed by atoms with Gasteiger partial charge in [0.25, 0.3) is 0 Å². The topological polar surface area (TPSA) is 104 Å². The van der Waals surface area contributed by atoms with Crippen molar-refractivity contribution in [3.63, 3.8) is 0 Å². The monoisotopic (exact) mass is 387 g/mol. The summed E-state index contributed by atoms with van der Waals surface area (Å²) < 4.78 is 26.2. The summed E-state index contributed by atoms with van der Waals surface area (Å²) in [6.45, 7) is 1.39. The molecule has 0 spiro atoms. The Balaban J connectivity index is 1.78. The summed E-state index contributed by atoms with van der Waals surface area (Å²) in [7, 11) is -3.62. The molecule has 2 aromatic carbocycles. The fraction of sp³-hybridized carbons (Fsp3) is 0.158. The first kappa shape index (κ1) is 20.3. The molecule has 0 atom stereocenters. The van der Waals surface area contributed by atoms with E-state index < -0.39 is 10.0 Å². The van der Waals surface area contributed by atoms with Crippen molar-refractivity contribution in [1.82, 2.24) is 4.72 Å². The highest BCUT2D eigenvalue weighted by atomic mass is 32.2. The van der Waals surface area contributed by atoms with Crippen LogP contribution in [0.5, 0.6) is 0 Å². The number of carbonyl (C=O) groups excluding carboxylic acids is 2. The van der Waals surface area contributed by atoms with Gasteiger partial charge in [-0.2, -0.15) is 0 Å². The molecule has 7 nitrogen and oxygen atoms in total. The minimum absolute atomic E-state index is 0.00808. The van der Waals surface area contributed by atoms with Crippen molar-refractivity contribution in [2.45, 2.75) is 13.3 Å². The first-order valence-corrected chi connectivity index (χ1v) is 9.79. The van der Waals surface area contributed by atoms with Crippen molar-refractivity contribution in [1.29, 1.82) is 0 Å². The lowest BCUT2D eigenvalue weighted by Gasteiger charge is -2.07. The summed E-state index contributed by atoms with van der Waals surface area (Å²) in [4.78, 5) is 22.9. The first-order chi connectivity index (χ1) is 12.8. The molecule has 0 aliphatic heterocycles. The van der Waals surface area contributed by atoms with Gasteiger partial charge < -0.3 is 10.6 Å². The third-order valence-corrected chi connectivity index (χ3v) is 4.48. The zero-order valence-electron chi connectivity index (χ0n) is 14.8. The molecule has 0 saturated carbocycles. The zero-order valence-corrected chi connectivity index (χ0v) is 15.6. The molecule has 0 bridgehead atoms. The molecule has 2 rings (SSSR count). The van der Waals surface area contributed by atoms with Crippen LogP contribution >= 0.6 is 0 Å². The van der Waals surface area contributed by atoms with E-state index in [2.05, 4.69) is 15.4 Å². The van der Waals surface area contributed by atoms with E-state index in [1.165, 1.54) is 13.0 Å². The van der Waals surface area contributed by atoms with Crippen LogP contribution in [-0.2, 0) is 19.6 Å². The summed E-state index contributed by atoms with van der Waals surface area (Å²) in [5, 5.41) is 6.36. The highest BCUT2D eigenvalue weighted by Crippen LogP contribution is 2.13. The normalized spacial score (nSPS) is 11.3. The standard InChI is InChI=1S/C19H21N3O4S/c1-15(23)21-17-7-9-18(10-8-17)22-19(24)11-13-20-27(25,26)14-12-16-5-3-2-4-6-16/h2-10,12,14,20H,11,13H2,1H3,(H,21,23)(H,22,24)/b14-12+. The Bertz CT molecular complexity index is 908. The Morgan fingerprint density at radius 3 is 2.11 bits per heavy atom. The summed E-state index contributed by atoms with van der Waals surface area (Å²) in [5.74, 6) is -0.502. The molecule has 0 aliphatic carbocycles. The smallest absolute Gasteiger partial charge is 0.233 e. The molecule has 0 heterocycles. The second kappa shape index (κ2) is 9.65. The lowest BCUT2D eigenvalue weighted by Crippen LogP contribution is -2.26. The molecule has 0 aromatic heterocycles. The van der Waals surface area contributed by atoms with Crippen LogP contribution in [0.1, 0.15) is 18.9 Å². The van der Waals surface area contributed by atoms with Crippen molar-refractivity contribution in [2.24, 2.45) is 0 Å². The predicted octanol–water partition coefficient (Wildman–Crippen LogP) is 2.56. The summed E-state index contributed by atoms with van der Waals surface area (Å²) in [6.07, 6.45) is 1.48. The number of hydrogen-bond acceptors (Lipinski definition) is 4. The van der Waals surface area contributed by atoms with Gasteiger partial charge in [-0.1, -0.05) is 30.3 Å². The SMILES string of the molecule is CC(=O)Nc1ccc(NC(=O)CCNS(=O)(=O)/C=C/c2ccccc2)cc1. The van der Waals surface area contributed by atoms with Crippen LogP contribution in [-0.4, -0.2) is 26.8 Å². The molecule has 0 aliphatic rings. The maximum Gasteiger partial charge on any atom is 0.233 e. The van der Waals surface area contributed by atoms with E-state index in [0.29, 0.717) is 11.4 Å². The summed E-state index contributed by atoms with van der Waals surface area (Å²) in [5.41, 5.74) is 1.95. The van der Waals surface area contributed by atoms with Crippen molar-refractivity contribution < 1.29 is 18.0 Å². The van der Waals surface area contributed by atoms with Crippen molar-refractivity contribution in [3.8, 4) is 0 Å². The van der Waals surface area contributed by atoms with Gasteiger partial charge in [-0.05, 0) is 35.9 Å². The predicted molar refractivity (Wildman–Crippen MR) is 106 cm³/mol. The third-order valence-electron chi connectivity index (χ3n) is 3.38. The van der Waals surface area contributed by atoms with E-state index >= 15 is 0 Å². The second-order valence-electron chi connectivity index (χ2n) is 5.71. The van der Waals surface area contributed by atoms with Crippen LogP contribution in [0.4, 0.5) is 11.4 Å². The summed E-state index contributed by atoms with van der Waals surface area (Å²) in [6, 6.07) is 15.7. The number of benzene rings is 2. The minimum Gasteiger partial charge on any atom is -0.326 e. The number of amides is 2. The number of anilines is 2. The van der Waals surface area contributed by atoms with Crippen LogP contribution in [0.25, 0.3) is 6.08 Å². The Morgan fingerprint density at radius 1 is 0.926 bits per heavy atom. The maximum atomic E-state index is 11.9. The van der Waals surface area contributed by atoms with Gasteiger partial charge in [0.05, 0.1) is 0 Å². The largest absolute Gasteiger partial charge is 0.326 e. The van der Waals surface area contributed by atoms with Gasteiger partial charge in [-0.15, -0.1) is 0 Å². The van der Waals surface area contributed by atoms with Crippen LogP contribution < -0.4 is 15.4 Å². The Hall–Kier alpha value is -2.97. The number of carbonyl (C=O) groups is 2. The molecule has 8 heteroatoms. The van der Waals surface area contributed by atoms with E-state index in [4.69, 9.17) is 0 Å². The average molecular weight is 387 g/mol. The number of hydrogen-bond donors (Lipinski definition) is 3. The average Bonchev–Trinajstić information content (AvgIpc) is 2.62. The third kappa shape index (κ3) is 7.85. The molecule has 0 unspecified atom stereocenters. The van der Waals surface area contributed by atoms with Crippen LogP contribution in [0.3, 0.4) is 0 Å². The van der Waals surface area contributed by atoms with Gasteiger partial charge in [-0.25, -0.2) is 13.1 Å². The van der Waals surface area contributed by atoms with Gasteiger partial charge >= 0.3 is 0 Å². The maximum absolute atomic E-state index is 11.9. The van der Waals surface area contributed by atoms with Gasteiger partial charge in [0, 0.05) is 36.7 Å². The molecule has 27 heavy (non-hydrogen) atoms. The molecule has 0 fully saturated rings. The molecule has 0 radical (unpaired) electrons. The highest BCUT2D eigenvalue weighted by molar-refractivity contribution is 7.92. The van der Waals surface area contributed by atoms with Gasteiger partial charge in [0.15, 0.2) is 0 Å². The van der Waals surface area contributed by atoms with Crippen molar-refractivity contribution in [3.05, 3.63) is 65.6 Å². The number of rotatable bonds is 8. The molecular formula is C19H21N3O4S. The van der Waals surface area contributed by atoms with Crippen LogP contribution in [0, 0.1) is 0 Å². The van der Waals surface area contributed by atoms with E-state index in [-0.39, 0.29) is 24.8 Å². The van der Waals surface area contributed by atoms with E-state index in [1.807, 2.05) is 18.2 Å². The Kier molecular flexibility index (Phi) is 7.27. The van der Waals surface area contributed by atoms with Crippen molar-refractivity contribution in [2.75, 3.05) is 17.2 Å². The lowest BCUT2D eigenvalue weighted by atomic mass is 10.2. The molecule has 142 valence electrons. The quantitative estimate of drug-likeness (QED) is 0.647. The van der Waals surface area contributed by atoms with Crippen LogP contribution in [0.2, 0.25) is 0 Å². The van der Waals surface area contributed by atoms with E-state index in [9.17, 15) is 18.0 Å². The fourth-order valence-electron chi connectivity index (χ4n) is 2.15. The van der Waals surface area contributed by atoms with Crippen LogP contribution in [0.15, 0.2) is 60.0 Å². The lowest BCUT2D eigenvalue weighted by molar-refractivity contribution is -0.116. The number of nitrogens with one attached hydrogen (secondary N) is 3. The number of sulfonamides is 1. The van der Waals surface area contributed by atoms with Gasteiger partial charge in [0.1, 0.15) is 0 Å². The molecule has 3 N–H and O–H groups in total. The second-order valence-corrected chi connectivity index (χ2v) is 7.36. The zero-order chi connectivity index (χ0) is 19.7. The minimum atomic E-state index is -3.62. The van der Waals surface area contributed by atoms with Gasteiger partial charge in [0.2, 0.25) is 21.8 Å². The highest BCUT2D eigenvalue weighted by Gasteiger charge is 2.07.